The van der Waals surface area contributed by atoms with E-state index in [4.69, 9.17) is 4.74 Å². The van der Waals surface area contributed by atoms with Crippen molar-refractivity contribution in [1.29, 1.82) is 0 Å². The van der Waals surface area contributed by atoms with Crippen molar-refractivity contribution in [3.8, 4) is 5.75 Å². The summed E-state index contributed by atoms with van der Waals surface area (Å²) in [5.41, 5.74) is 2.99. The fraction of sp³-hybridized carbons (Fsp3) is 0.227. The predicted molar refractivity (Wildman–Crippen MR) is 103 cm³/mol. The summed E-state index contributed by atoms with van der Waals surface area (Å²) in [6.07, 6.45) is 0.0739. The van der Waals surface area contributed by atoms with E-state index in [1.807, 2.05) is 75.4 Å². The van der Waals surface area contributed by atoms with Gasteiger partial charge in [-0.05, 0) is 60.4 Å². The van der Waals surface area contributed by atoms with Gasteiger partial charge in [0.25, 0.3) is 5.91 Å². The average molecular weight is 333 g/mol. The van der Waals surface area contributed by atoms with E-state index < -0.39 is 6.10 Å². The van der Waals surface area contributed by atoms with Crippen molar-refractivity contribution in [2.45, 2.75) is 33.3 Å². The van der Waals surface area contributed by atoms with Gasteiger partial charge in [-0.2, -0.15) is 0 Å². The van der Waals surface area contributed by atoms with Gasteiger partial charge in [0.15, 0.2) is 6.10 Å². The number of hydrogen-bond donors (Lipinski definition) is 1. The Kier molecular flexibility index (Phi) is 5.03. The van der Waals surface area contributed by atoms with E-state index in [-0.39, 0.29) is 5.91 Å². The van der Waals surface area contributed by atoms with Gasteiger partial charge in [-0.3, -0.25) is 4.79 Å². The lowest BCUT2D eigenvalue weighted by Gasteiger charge is -2.18. The molecule has 3 aromatic rings. The highest BCUT2D eigenvalue weighted by atomic mass is 16.5. The number of aryl methyl sites for hydroxylation is 2. The van der Waals surface area contributed by atoms with Crippen molar-refractivity contribution < 1.29 is 9.53 Å². The summed E-state index contributed by atoms with van der Waals surface area (Å²) in [5.74, 6) is 0.589. The van der Waals surface area contributed by atoms with Crippen LogP contribution in [0.4, 0.5) is 5.69 Å². The Bertz CT molecular complexity index is 901. The van der Waals surface area contributed by atoms with Crippen molar-refractivity contribution in [2.24, 2.45) is 0 Å². The SMILES string of the molecule is CCC(Oc1ccc2ccccc2c1)C(=O)Nc1cc(C)ccc1C. The molecule has 0 saturated heterocycles. The van der Waals surface area contributed by atoms with Crippen molar-refractivity contribution in [1.82, 2.24) is 0 Å². The highest BCUT2D eigenvalue weighted by Crippen LogP contribution is 2.23. The third-order valence-corrected chi connectivity index (χ3v) is 4.31. The van der Waals surface area contributed by atoms with Crippen LogP contribution in [-0.2, 0) is 4.79 Å². The van der Waals surface area contributed by atoms with Gasteiger partial charge in [0.1, 0.15) is 5.75 Å². The number of carbonyl (C=O) groups excluding carboxylic acids is 1. The van der Waals surface area contributed by atoms with Crippen molar-refractivity contribution in [2.75, 3.05) is 5.32 Å². The summed E-state index contributed by atoms with van der Waals surface area (Å²) >= 11 is 0. The van der Waals surface area contributed by atoms with Gasteiger partial charge in [0.05, 0.1) is 0 Å². The van der Waals surface area contributed by atoms with Crippen molar-refractivity contribution in [3.05, 3.63) is 71.8 Å². The van der Waals surface area contributed by atoms with Gasteiger partial charge in [0, 0.05) is 5.69 Å². The zero-order valence-corrected chi connectivity index (χ0v) is 14.9. The second-order valence-electron chi connectivity index (χ2n) is 6.33. The van der Waals surface area contributed by atoms with Gasteiger partial charge in [-0.15, -0.1) is 0 Å². The third-order valence-electron chi connectivity index (χ3n) is 4.31. The van der Waals surface area contributed by atoms with Gasteiger partial charge in [-0.1, -0.05) is 49.4 Å². The Labute approximate surface area is 148 Å². The second kappa shape index (κ2) is 7.39. The van der Waals surface area contributed by atoms with E-state index in [1.54, 1.807) is 0 Å². The quantitative estimate of drug-likeness (QED) is 0.692. The number of rotatable bonds is 5. The summed E-state index contributed by atoms with van der Waals surface area (Å²) in [4.78, 5) is 12.6. The van der Waals surface area contributed by atoms with Gasteiger partial charge in [-0.25, -0.2) is 0 Å². The molecule has 0 heterocycles. The molecule has 0 aliphatic heterocycles. The highest BCUT2D eigenvalue weighted by Gasteiger charge is 2.19. The molecular weight excluding hydrogens is 310 g/mol. The summed E-state index contributed by atoms with van der Waals surface area (Å²) in [6, 6.07) is 20.0. The first-order chi connectivity index (χ1) is 12.1. The molecule has 0 fully saturated rings. The summed E-state index contributed by atoms with van der Waals surface area (Å²) < 4.78 is 5.96. The van der Waals surface area contributed by atoms with E-state index in [1.165, 1.54) is 0 Å². The molecule has 128 valence electrons. The Morgan fingerprint density at radius 2 is 1.76 bits per heavy atom. The molecule has 0 aliphatic carbocycles. The van der Waals surface area contributed by atoms with E-state index in [0.717, 1.165) is 27.6 Å². The normalized spacial score (nSPS) is 12.0. The standard InChI is InChI=1S/C22H23NO2/c1-4-21(22(24)23-20-13-15(2)9-10-16(20)3)25-19-12-11-17-7-5-6-8-18(17)14-19/h5-14,21H,4H2,1-3H3,(H,23,24). The van der Waals surface area contributed by atoms with Crippen molar-refractivity contribution in [3.63, 3.8) is 0 Å². The molecule has 3 aromatic carbocycles. The molecule has 3 nitrogen and oxygen atoms in total. The Morgan fingerprint density at radius 3 is 2.52 bits per heavy atom. The Hall–Kier alpha value is -2.81. The first-order valence-electron chi connectivity index (χ1n) is 8.60. The number of fused-ring (bicyclic) bond motifs is 1. The maximum absolute atomic E-state index is 12.6. The van der Waals surface area contributed by atoms with Gasteiger partial charge >= 0.3 is 0 Å². The fourth-order valence-corrected chi connectivity index (χ4v) is 2.81. The number of benzene rings is 3. The summed E-state index contributed by atoms with van der Waals surface area (Å²) in [6.45, 7) is 5.95. The molecule has 0 spiro atoms. The molecule has 0 radical (unpaired) electrons. The smallest absolute Gasteiger partial charge is 0.265 e. The lowest BCUT2D eigenvalue weighted by molar-refractivity contribution is -0.122. The number of carbonyl (C=O) groups is 1. The maximum Gasteiger partial charge on any atom is 0.265 e. The molecule has 1 unspecified atom stereocenters. The second-order valence-corrected chi connectivity index (χ2v) is 6.33. The minimum atomic E-state index is -0.527. The van der Waals surface area contributed by atoms with Crippen molar-refractivity contribution >= 4 is 22.4 Å². The van der Waals surface area contributed by atoms with E-state index >= 15 is 0 Å². The van der Waals surface area contributed by atoms with E-state index in [2.05, 4.69) is 11.4 Å². The first kappa shape index (κ1) is 17.0. The molecule has 0 bridgehead atoms. The number of nitrogens with one attached hydrogen (secondary N) is 1. The summed E-state index contributed by atoms with van der Waals surface area (Å²) in [7, 11) is 0. The van der Waals surface area contributed by atoms with E-state index in [9.17, 15) is 4.79 Å². The maximum atomic E-state index is 12.6. The fourth-order valence-electron chi connectivity index (χ4n) is 2.81. The largest absolute Gasteiger partial charge is 0.481 e. The molecule has 3 heteroatoms. The van der Waals surface area contributed by atoms with Crippen LogP contribution in [0.1, 0.15) is 24.5 Å². The molecule has 0 aliphatic rings. The zero-order chi connectivity index (χ0) is 17.8. The van der Waals surface area contributed by atoms with Crippen LogP contribution in [-0.4, -0.2) is 12.0 Å². The minimum Gasteiger partial charge on any atom is -0.481 e. The van der Waals surface area contributed by atoms with Crippen LogP contribution < -0.4 is 10.1 Å². The molecule has 1 N–H and O–H groups in total. The molecular formula is C22H23NO2. The lowest BCUT2D eigenvalue weighted by atomic mass is 10.1. The molecule has 0 aromatic heterocycles. The predicted octanol–water partition coefficient (Wildman–Crippen LogP) is 5.25. The first-order valence-corrected chi connectivity index (χ1v) is 8.60. The van der Waals surface area contributed by atoms with Crippen LogP contribution in [0.3, 0.4) is 0 Å². The third kappa shape index (κ3) is 4.00. The molecule has 1 atom stereocenters. The molecule has 0 saturated carbocycles. The average Bonchev–Trinajstić information content (AvgIpc) is 2.62. The molecule has 25 heavy (non-hydrogen) atoms. The number of anilines is 1. The lowest BCUT2D eigenvalue weighted by Crippen LogP contribution is -2.32. The monoisotopic (exact) mass is 333 g/mol. The zero-order valence-electron chi connectivity index (χ0n) is 14.9. The number of hydrogen-bond acceptors (Lipinski definition) is 2. The van der Waals surface area contributed by atoms with Crippen LogP contribution >= 0.6 is 0 Å². The Balaban J connectivity index is 1.76. The number of ether oxygens (including phenoxy) is 1. The van der Waals surface area contributed by atoms with Crippen LogP contribution in [0.15, 0.2) is 60.7 Å². The van der Waals surface area contributed by atoms with Gasteiger partial charge < -0.3 is 10.1 Å². The summed E-state index contributed by atoms with van der Waals surface area (Å²) in [5, 5.41) is 5.25. The Morgan fingerprint density at radius 1 is 1.00 bits per heavy atom. The van der Waals surface area contributed by atoms with Crippen LogP contribution in [0.5, 0.6) is 5.75 Å². The van der Waals surface area contributed by atoms with Crippen LogP contribution in [0, 0.1) is 13.8 Å². The van der Waals surface area contributed by atoms with Crippen LogP contribution in [0.2, 0.25) is 0 Å². The topological polar surface area (TPSA) is 38.3 Å². The minimum absolute atomic E-state index is 0.121. The van der Waals surface area contributed by atoms with Gasteiger partial charge in [0.2, 0.25) is 0 Å². The number of amides is 1. The van der Waals surface area contributed by atoms with E-state index in [0.29, 0.717) is 12.2 Å². The molecule has 1 amide bonds. The molecule has 3 rings (SSSR count). The van der Waals surface area contributed by atoms with Crippen LogP contribution in [0.25, 0.3) is 10.8 Å². The highest BCUT2D eigenvalue weighted by molar-refractivity contribution is 5.95.